The maximum absolute atomic E-state index is 9.00. The van der Waals surface area contributed by atoms with Crippen molar-refractivity contribution >= 4 is 6.03 Å². The normalized spacial score (nSPS) is 10.2. The van der Waals surface area contributed by atoms with Gasteiger partial charge >= 0.3 is 6.03 Å². The first kappa shape index (κ1) is 14.6. The lowest BCUT2D eigenvalue weighted by Gasteiger charge is -2.23. The summed E-state index contributed by atoms with van der Waals surface area (Å²) in [5, 5.41) is 34.0. The molecule has 0 rings (SSSR count). The zero-order valence-electron chi connectivity index (χ0n) is 7.18. The Morgan fingerprint density at radius 2 is 1.08 bits per heavy atom. The number of carbonyl (C=O) groups is 1. The van der Waals surface area contributed by atoms with Gasteiger partial charge in [-0.05, 0) is 0 Å². The van der Waals surface area contributed by atoms with Crippen LogP contribution in [0.15, 0.2) is 0 Å². The van der Waals surface area contributed by atoms with Crippen LogP contribution in [0.25, 0.3) is 0 Å². The third-order valence-corrected chi connectivity index (χ3v) is 1.34. The quantitative estimate of drug-likeness (QED) is 0.282. The van der Waals surface area contributed by atoms with E-state index in [-0.39, 0.29) is 0 Å². The molecule has 0 aromatic carbocycles. The Morgan fingerprint density at radius 1 is 0.923 bits per heavy atom. The molecule has 0 fully saturated rings. The molecule has 0 saturated heterocycles. The average molecular weight is 196 g/mol. The number of primary amides is 2. The van der Waals surface area contributed by atoms with E-state index in [1.807, 2.05) is 0 Å². The van der Waals surface area contributed by atoms with E-state index in [1.165, 1.54) is 0 Å². The van der Waals surface area contributed by atoms with Gasteiger partial charge in [-0.1, -0.05) is 0 Å². The fraction of sp³-hybridized carbons (Fsp3) is 0.833. The molecule has 0 unspecified atom stereocenters. The molecule has 7 heteroatoms. The fourth-order valence-electron chi connectivity index (χ4n) is 0.300. The van der Waals surface area contributed by atoms with Gasteiger partial charge in [-0.3, -0.25) is 0 Å². The van der Waals surface area contributed by atoms with E-state index in [9.17, 15) is 0 Å². The third-order valence-electron chi connectivity index (χ3n) is 1.34. The SMILES string of the molecule is NC(N)=O.OCC(CO)(CO)CO. The first-order valence-electron chi connectivity index (χ1n) is 3.46. The molecule has 0 spiro atoms. The highest BCUT2D eigenvalue weighted by Crippen LogP contribution is 2.11. The van der Waals surface area contributed by atoms with Crippen LogP contribution in [-0.4, -0.2) is 52.9 Å². The first-order chi connectivity index (χ1) is 5.97. The number of amides is 2. The van der Waals surface area contributed by atoms with E-state index >= 15 is 0 Å². The molecule has 0 aliphatic carbocycles. The Labute approximate surface area is 75.6 Å². The second-order valence-corrected chi connectivity index (χ2v) is 2.53. The second-order valence-electron chi connectivity index (χ2n) is 2.53. The Kier molecular flexibility index (Phi) is 8.71. The van der Waals surface area contributed by atoms with Crippen LogP contribution in [0.1, 0.15) is 0 Å². The Balaban J connectivity index is 0. The molecule has 0 aromatic heterocycles. The van der Waals surface area contributed by atoms with Gasteiger partial charge in [0.1, 0.15) is 0 Å². The second kappa shape index (κ2) is 7.74. The van der Waals surface area contributed by atoms with Gasteiger partial charge < -0.3 is 31.9 Å². The van der Waals surface area contributed by atoms with Crippen LogP contribution >= 0.6 is 0 Å². The lowest BCUT2D eigenvalue weighted by molar-refractivity contribution is -0.0328. The van der Waals surface area contributed by atoms with Gasteiger partial charge in [-0.25, -0.2) is 4.79 Å². The van der Waals surface area contributed by atoms with Crippen LogP contribution < -0.4 is 11.5 Å². The predicted molar refractivity (Wildman–Crippen MR) is 44.5 cm³/mol. The lowest BCUT2D eigenvalue weighted by Crippen LogP contribution is -2.37. The van der Waals surface area contributed by atoms with E-state index in [1.54, 1.807) is 0 Å². The van der Waals surface area contributed by atoms with E-state index in [4.69, 9.17) is 25.2 Å². The molecule has 0 aliphatic rings. The van der Waals surface area contributed by atoms with E-state index in [0.717, 1.165) is 0 Å². The van der Waals surface area contributed by atoms with Crippen molar-refractivity contribution in [1.82, 2.24) is 0 Å². The largest absolute Gasteiger partial charge is 0.396 e. The number of carbonyl (C=O) groups excluding carboxylic acids is 1. The van der Waals surface area contributed by atoms with Crippen molar-refractivity contribution in [1.29, 1.82) is 0 Å². The van der Waals surface area contributed by atoms with Crippen LogP contribution in [0, 0.1) is 5.41 Å². The molecule has 0 aromatic rings. The molecule has 0 bridgehead atoms. The topological polar surface area (TPSA) is 150 Å². The Hall–Kier alpha value is -0.890. The molecule has 8 N–H and O–H groups in total. The van der Waals surface area contributed by atoms with Crippen LogP contribution in [0.5, 0.6) is 0 Å². The summed E-state index contributed by atoms with van der Waals surface area (Å²) in [6.45, 7) is -1.62. The van der Waals surface area contributed by atoms with Gasteiger partial charge in [0, 0.05) is 0 Å². The van der Waals surface area contributed by atoms with Crippen molar-refractivity contribution < 1.29 is 25.2 Å². The zero-order valence-corrected chi connectivity index (χ0v) is 7.18. The minimum absolute atomic E-state index is 0.406. The van der Waals surface area contributed by atoms with E-state index in [0.29, 0.717) is 0 Å². The number of hydrogen-bond donors (Lipinski definition) is 6. The van der Waals surface area contributed by atoms with E-state index < -0.39 is 37.9 Å². The number of hydrogen-bond acceptors (Lipinski definition) is 5. The summed E-state index contributed by atoms with van der Waals surface area (Å²) in [5.74, 6) is 0. The number of urea groups is 1. The molecule has 0 saturated carbocycles. The highest BCUT2D eigenvalue weighted by Gasteiger charge is 2.26. The highest BCUT2D eigenvalue weighted by molar-refractivity contribution is 5.69. The Bertz CT molecular complexity index is 115. The standard InChI is InChI=1S/C5H12O4.CH4N2O/c6-1-5(2-7,3-8)4-9;2-1(3)4/h6-9H,1-4H2;(H4,2,3,4). The minimum Gasteiger partial charge on any atom is -0.396 e. The number of rotatable bonds is 4. The van der Waals surface area contributed by atoms with Crippen LogP contribution in [0.4, 0.5) is 4.79 Å². The molecule has 0 aliphatic heterocycles. The maximum atomic E-state index is 9.00. The van der Waals surface area contributed by atoms with Crippen molar-refractivity contribution in [2.24, 2.45) is 16.9 Å². The van der Waals surface area contributed by atoms with Gasteiger partial charge in [0.25, 0.3) is 0 Å². The minimum atomic E-state index is -1.11. The summed E-state index contributed by atoms with van der Waals surface area (Å²) in [7, 11) is 0. The number of nitrogens with two attached hydrogens (primary N) is 2. The van der Waals surface area contributed by atoms with Gasteiger partial charge in [0.05, 0.1) is 31.8 Å². The Morgan fingerprint density at radius 3 is 1.08 bits per heavy atom. The van der Waals surface area contributed by atoms with Crippen molar-refractivity contribution in [2.75, 3.05) is 26.4 Å². The summed E-state index contributed by atoms with van der Waals surface area (Å²) < 4.78 is 0. The van der Waals surface area contributed by atoms with Gasteiger partial charge in [-0.2, -0.15) is 0 Å². The number of aliphatic hydroxyl groups excluding tert-OH is 4. The van der Waals surface area contributed by atoms with Gasteiger partial charge in [0.2, 0.25) is 0 Å². The van der Waals surface area contributed by atoms with Gasteiger partial charge in [0.15, 0.2) is 0 Å². The molecule has 80 valence electrons. The van der Waals surface area contributed by atoms with Crippen molar-refractivity contribution in [2.45, 2.75) is 0 Å². The van der Waals surface area contributed by atoms with Crippen LogP contribution in [-0.2, 0) is 0 Å². The fourth-order valence-corrected chi connectivity index (χ4v) is 0.300. The van der Waals surface area contributed by atoms with E-state index in [2.05, 4.69) is 11.5 Å². The smallest absolute Gasteiger partial charge is 0.309 e. The summed E-state index contributed by atoms with van der Waals surface area (Å²) >= 11 is 0. The molecule has 2 amide bonds. The average Bonchev–Trinajstić information content (AvgIpc) is 2.09. The highest BCUT2D eigenvalue weighted by atomic mass is 16.3. The molecular formula is C6H16N2O5. The number of aliphatic hydroxyl groups is 4. The van der Waals surface area contributed by atoms with Gasteiger partial charge in [-0.15, -0.1) is 0 Å². The lowest BCUT2D eigenvalue weighted by atomic mass is 9.93. The molecule has 0 radical (unpaired) electrons. The van der Waals surface area contributed by atoms with Crippen molar-refractivity contribution in [3.8, 4) is 0 Å². The van der Waals surface area contributed by atoms with Crippen LogP contribution in [0.2, 0.25) is 0 Å². The summed E-state index contributed by atoms with van der Waals surface area (Å²) in [5.41, 5.74) is 7.39. The molecule has 13 heavy (non-hydrogen) atoms. The van der Waals surface area contributed by atoms with Crippen LogP contribution in [0.3, 0.4) is 0 Å². The molecule has 7 nitrogen and oxygen atoms in total. The monoisotopic (exact) mass is 196 g/mol. The summed E-state index contributed by atoms with van der Waals surface area (Å²) in [6, 6.07) is -0.833. The predicted octanol–water partition coefficient (Wildman–Crippen LogP) is -3.03. The summed E-state index contributed by atoms with van der Waals surface area (Å²) in [4.78, 5) is 9.00. The molecule has 0 heterocycles. The molecule has 0 atom stereocenters. The third kappa shape index (κ3) is 7.47. The van der Waals surface area contributed by atoms with Crippen molar-refractivity contribution in [3.05, 3.63) is 0 Å². The first-order valence-corrected chi connectivity index (χ1v) is 3.46. The maximum Gasteiger partial charge on any atom is 0.309 e. The zero-order chi connectivity index (χ0) is 10.9. The summed E-state index contributed by atoms with van der Waals surface area (Å²) in [6.07, 6.45) is 0. The van der Waals surface area contributed by atoms with Crippen molar-refractivity contribution in [3.63, 3.8) is 0 Å². The molecular weight excluding hydrogens is 180 g/mol.